The molecule has 27 heavy (non-hydrogen) atoms. The average Bonchev–Trinajstić information content (AvgIpc) is 3.25. The van der Waals surface area contributed by atoms with Crippen LogP contribution in [0.15, 0.2) is 42.7 Å². The maximum absolute atomic E-state index is 12.5. The Hall–Kier alpha value is -2.76. The van der Waals surface area contributed by atoms with E-state index in [4.69, 9.17) is 4.74 Å². The van der Waals surface area contributed by atoms with Gasteiger partial charge in [0.15, 0.2) is 0 Å². The maximum atomic E-state index is 12.5. The molecule has 0 radical (unpaired) electrons. The van der Waals surface area contributed by atoms with E-state index in [0.29, 0.717) is 24.4 Å². The number of H-pyrrole nitrogens is 1. The van der Waals surface area contributed by atoms with Gasteiger partial charge in [0.2, 0.25) is 5.91 Å². The Labute approximate surface area is 159 Å². The van der Waals surface area contributed by atoms with Crippen molar-refractivity contribution < 1.29 is 14.3 Å². The molecule has 2 heterocycles. The highest BCUT2D eigenvalue weighted by molar-refractivity contribution is 5.94. The van der Waals surface area contributed by atoms with Gasteiger partial charge in [-0.15, -0.1) is 0 Å². The van der Waals surface area contributed by atoms with E-state index in [0.717, 1.165) is 43.7 Å². The summed E-state index contributed by atoms with van der Waals surface area (Å²) in [5, 5.41) is 2.97. The van der Waals surface area contributed by atoms with E-state index in [1.54, 1.807) is 25.6 Å². The topological polar surface area (TPSA) is 74.4 Å². The Morgan fingerprint density at radius 1 is 1.33 bits per heavy atom. The molecule has 1 fully saturated rings. The third-order valence-corrected chi connectivity index (χ3v) is 5.05. The first-order valence-corrected chi connectivity index (χ1v) is 9.47. The number of rotatable bonds is 7. The van der Waals surface area contributed by atoms with Gasteiger partial charge in [-0.3, -0.25) is 9.59 Å². The van der Waals surface area contributed by atoms with Crippen molar-refractivity contribution in [2.24, 2.45) is 5.92 Å². The predicted octanol–water partition coefficient (Wildman–Crippen LogP) is 2.97. The fraction of sp³-hybridized carbons (Fsp3) is 0.429. The summed E-state index contributed by atoms with van der Waals surface area (Å²) in [7, 11) is 1.63. The molecule has 6 nitrogen and oxygen atoms in total. The van der Waals surface area contributed by atoms with Crippen molar-refractivity contribution in [2.45, 2.75) is 32.2 Å². The molecule has 0 bridgehead atoms. The van der Waals surface area contributed by atoms with Crippen LogP contribution in [-0.4, -0.2) is 41.9 Å². The van der Waals surface area contributed by atoms with E-state index in [2.05, 4.69) is 10.3 Å². The number of likely N-dealkylation sites (tertiary alicyclic amines) is 1. The molecule has 2 amide bonds. The molecule has 2 N–H and O–H groups in total. The minimum Gasteiger partial charge on any atom is -0.497 e. The summed E-state index contributed by atoms with van der Waals surface area (Å²) in [4.78, 5) is 29.5. The lowest BCUT2D eigenvalue weighted by atomic mass is 9.93. The number of nitrogens with zero attached hydrogens (tertiary/aromatic N) is 1. The van der Waals surface area contributed by atoms with E-state index in [1.807, 2.05) is 29.2 Å². The molecule has 1 aromatic carbocycles. The first kappa shape index (κ1) is 19.0. The van der Waals surface area contributed by atoms with E-state index >= 15 is 0 Å². The average molecular weight is 369 g/mol. The second-order valence-corrected chi connectivity index (χ2v) is 7.03. The quantitative estimate of drug-likeness (QED) is 0.788. The summed E-state index contributed by atoms with van der Waals surface area (Å²) in [6.07, 6.45) is 6.85. The van der Waals surface area contributed by atoms with E-state index in [-0.39, 0.29) is 11.8 Å². The van der Waals surface area contributed by atoms with Crippen LogP contribution in [0.25, 0.3) is 0 Å². The third-order valence-electron chi connectivity index (χ3n) is 5.05. The highest BCUT2D eigenvalue weighted by Gasteiger charge is 2.25. The Kier molecular flexibility index (Phi) is 6.52. The number of methoxy groups -OCH3 is 1. The normalized spacial score (nSPS) is 16.8. The number of carbonyl (C=O) groups excluding carboxylic acids is 2. The van der Waals surface area contributed by atoms with Crippen LogP contribution in [0.1, 0.15) is 41.6 Å². The van der Waals surface area contributed by atoms with Gasteiger partial charge in [0.1, 0.15) is 5.75 Å². The lowest BCUT2D eigenvalue weighted by Gasteiger charge is -2.32. The Bertz CT molecular complexity index is 758. The van der Waals surface area contributed by atoms with Crippen LogP contribution >= 0.6 is 0 Å². The second kappa shape index (κ2) is 9.26. The van der Waals surface area contributed by atoms with Crippen molar-refractivity contribution in [1.29, 1.82) is 0 Å². The minimum atomic E-state index is 0.0481. The van der Waals surface area contributed by atoms with Crippen LogP contribution in [0, 0.1) is 5.92 Å². The highest BCUT2D eigenvalue weighted by atomic mass is 16.5. The minimum absolute atomic E-state index is 0.0481. The summed E-state index contributed by atoms with van der Waals surface area (Å²) in [6, 6.07) is 9.49. The number of hydrogen-bond donors (Lipinski definition) is 2. The molecule has 1 saturated heterocycles. The maximum Gasteiger partial charge on any atom is 0.255 e. The molecule has 1 aliphatic heterocycles. The van der Waals surface area contributed by atoms with Crippen LogP contribution in [0.4, 0.5) is 0 Å². The molecule has 0 spiro atoms. The van der Waals surface area contributed by atoms with Gasteiger partial charge in [-0.2, -0.15) is 0 Å². The molecule has 1 unspecified atom stereocenters. The van der Waals surface area contributed by atoms with Crippen molar-refractivity contribution in [3.8, 4) is 5.75 Å². The zero-order valence-corrected chi connectivity index (χ0v) is 15.7. The largest absolute Gasteiger partial charge is 0.497 e. The number of benzene rings is 1. The number of amides is 2. The van der Waals surface area contributed by atoms with Crippen LogP contribution in [0.5, 0.6) is 5.75 Å². The fourth-order valence-corrected chi connectivity index (χ4v) is 3.53. The molecule has 2 aromatic rings. The van der Waals surface area contributed by atoms with Gasteiger partial charge >= 0.3 is 0 Å². The molecule has 3 rings (SSSR count). The molecule has 144 valence electrons. The lowest BCUT2D eigenvalue weighted by molar-refractivity contribution is -0.121. The van der Waals surface area contributed by atoms with E-state index < -0.39 is 0 Å². The van der Waals surface area contributed by atoms with Crippen molar-refractivity contribution >= 4 is 11.8 Å². The first-order valence-electron chi connectivity index (χ1n) is 9.47. The zero-order chi connectivity index (χ0) is 19.1. The number of nitrogens with one attached hydrogen (secondary N) is 2. The number of carbonyl (C=O) groups is 2. The standard InChI is InChI=1S/C21H27N3O3/c1-27-19-6-2-4-17(12-19)13-23-20(25)8-7-16-5-3-11-24(15-16)21(26)18-9-10-22-14-18/h2,4,6,9-10,12,14,16,22H,3,5,7-8,11,13,15H2,1H3,(H,23,25). The van der Waals surface area contributed by atoms with Gasteiger partial charge in [-0.1, -0.05) is 12.1 Å². The monoisotopic (exact) mass is 369 g/mol. The number of aromatic nitrogens is 1. The van der Waals surface area contributed by atoms with Gasteiger partial charge in [0.05, 0.1) is 12.7 Å². The number of hydrogen-bond acceptors (Lipinski definition) is 3. The van der Waals surface area contributed by atoms with Crippen LogP contribution in [-0.2, 0) is 11.3 Å². The van der Waals surface area contributed by atoms with Crippen molar-refractivity contribution in [3.05, 3.63) is 53.9 Å². The number of ether oxygens (including phenoxy) is 1. The summed E-state index contributed by atoms with van der Waals surface area (Å²) in [6.45, 7) is 2.02. The number of piperidine rings is 1. The van der Waals surface area contributed by atoms with Gasteiger partial charge in [-0.25, -0.2) is 0 Å². The van der Waals surface area contributed by atoms with Crippen LogP contribution in [0.2, 0.25) is 0 Å². The Morgan fingerprint density at radius 3 is 3.00 bits per heavy atom. The molecule has 0 aliphatic carbocycles. The molecular formula is C21H27N3O3. The second-order valence-electron chi connectivity index (χ2n) is 7.03. The Balaban J connectivity index is 1.42. The van der Waals surface area contributed by atoms with Gasteiger partial charge in [0.25, 0.3) is 5.91 Å². The van der Waals surface area contributed by atoms with Crippen molar-refractivity contribution in [1.82, 2.24) is 15.2 Å². The van der Waals surface area contributed by atoms with Gasteiger partial charge in [0, 0.05) is 38.4 Å². The fourth-order valence-electron chi connectivity index (χ4n) is 3.53. The predicted molar refractivity (Wildman–Crippen MR) is 103 cm³/mol. The smallest absolute Gasteiger partial charge is 0.255 e. The molecule has 1 atom stereocenters. The first-order chi connectivity index (χ1) is 13.2. The summed E-state index contributed by atoms with van der Waals surface area (Å²) in [5.41, 5.74) is 1.72. The van der Waals surface area contributed by atoms with E-state index in [1.165, 1.54) is 0 Å². The summed E-state index contributed by atoms with van der Waals surface area (Å²) >= 11 is 0. The Morgan fingerprint density at radius 2 is 2.22 bits per heavy atom. The highest BCUT2D eigenvalue weighted by Crippen LogP contribution is 2.22. The summed E-state index contributed by atoms with van der Waals surface area (Å²) < 4.78 is 5.20. The molecular weight excluding hydrogens is 342 g/mol. The molecule has 0 saturated carbocycles. The third kappa shape index (κ3) is 5.36. The number of aromatic amines is 1. The molecule has 1 aromatic heterocycles. The summed E-state index contributed by atoms with van der Waals surface area (Å²) in [5.74, 6) is 1.29. The van der Waals surface area contributed by atoms with Crippen LogP contribution in [0.3, 0.4) is 0 Å². The molecule has 1 aliphatic rings. The molecule has 6 heteroatoms. The van der Waals surface area contributed by atoms with Gasteiger partial charge < -0.3 is 19.9 Å². The zero-order valence-electron chi connectivity index (χ0n) is 15.7. The lowest BCUT2D eigenvalue weighted by Crippen LogP contribution is -2.40. The van der Waals surface area contributed by atoms with Crippen LogP contribution < -0.4 is 10.1 Å². The van der Waals surface area contributed by atoms with E-state index in [9.17, 15) is 9.59 Å². The van der Waals surface area contributed by atoms with Crippen molar-refractivity contribution in [3.63, 3.8) is 0 Å². The van der Waals surface area contributed by atoms with Crippen molar-refractivity contribution in [2.75, 3.05) is 20.2 Å². The van der Waals surface area contributed by atoms with Gasteiger partial charge in [-0.05, 0) is 48.9 Å². The SMILES string of the molecule is COc1cccc(CNC(=O)CCC2CCCN(C(=O)c3cc[nH]c3)C2)c1.